The fourth-order valence-corrected chi connectivity index (χ4v) is 1.38. The molecule has 0 unspecified atom stereocenters. The summed E-state index contributed by atoms with van der Waals surface area (Å²) in [7, 11) is 0. The maximum atomic E-state index is 11.5. The van der Waals surface area contributed by atoms with Crippen molar-refractivity contribution >= 4 is 11.7 Å². The third kappa shape index (κ3) is 1.84. The molecule has 0 aliphatic heterocycles. The van der Waals surface area contributed by atoms with Crippen LogP contribution in [-0.4, -0.2) is 30.8 Å². The van der Waals surface area contributed by atoms with E-state index in [1.165, 1.54) is 24.3 Å². The lowest BCUT2D eigenvalue weighted by Crippen LogP contribution is -2.17. The van der Waals surface area contributed by atoms with Gasteiger partial charge in [-0.3, -0.25) is 15.1 Å². The number of aromatic nitrogens is 3. The number of carboxylic acid groups (broad SMARTS) is 1. The van der Waals surface area contributed by atoms with Crippen molar-refractivity contribution in [2.45, 2.75) is 0 Å². The van der Waals surface area contributed by atoms with Crippen LogP contribution in [-0.2, 0) is 0 Å². The standard InChI is InChI=1S/C9H6N4O5/c14-8(15)7-10-9(16)12(11-7)5-3-1-2-4-6(5)13(17)18/h1-4H,(H,14,15)(H,10,11,16). The van der Waals surface area contributed by atoms with Crippen molar-refractivity contribution in [3.8, 4) is 5.69 Å². The number of para-hydroxylation sites is 2. The second-order valence-electron chi connectivity index (χ2n) is 3.24. The van der Waals surface area contributed by atoms with Gasteiger partial charge in [0, 0.05) is 6.07 Å². The van der Waals surface area contributed by atoms with Crippen molar-refractivity contribution in [3.05, 3.63) is 50.7 Å². The van der Waals surface area contributed by atoms with E-state index in [2.05, 4.69) is 5.10 Å². The van der Waals surface area contributed by atoms with Gasteiger partial charge in [0.15, 0.2) is 0 Å². The van der Waals surface area contributed by atoms with Crippen LogP contribution in [0.2, 0.25) is 0 Å². The van der Waals surface area contributed by atoms with Crippen LogP contribution in [0.5, 0.6) is 0 Å². The summed E-state index contributed by atoms with van der Waals surface area (Å²) in [5.74, 6) is -2.01. The lowest BCUT2D eigenvalue weighted by Gasteiger charge is -1.99. The van der Waals surface area contributed by atoms with E-state index in [9.17, 15) is 19.7 Å². The van der Waals surface area contributed by atoms with Crippen molar-refractivity contribution in [2.75, 3.05) is 0 Å². The smallest absolute Gasteiger partial charge is 0.373 e. The van der Waals surface area contributed by atoms with Crippen LogP contribution in [0.1, 0.15) is 10.6 Å². The molecule has 0 amide bonds. The molecule has 2 rings (SSSR count). The summed E-state index contributed by atoms with van der Waals surface area (Å²) < 4.78 is 0.640. The summed E-state index contributed by atoms with van der Waals surface area (Å²) in [4.78, 5) is 34.2. The Hall–Kier alpha value is -2.97. The number of aromatic carboxylic acids is 1. The lowest BCUT2D eigenvalue weighted by molar-refractivity contribution is -0.384. The third-order valence-corrected chi connectivity index (χ3v) is 2.13. The molecule has 1 heterocycles. The monoisotopic (exact) mass is 250 g/mol. The van der Waals surface area contributed by atoms with Gasteiger partial charge in [0.2, 0.25) is 5.82 Å². The molecule has 0 fully saturated rings. The van der Waals surface area contributed by atoms with E-state index in [-0.39, 0.29) is 11.4 Å². The van der Waals surface area contributed by atoms with Gasteiger partial charge in [0.25, 0.3) is 5.69 Å². The van der Waals surface area contributed by atoms with E-state index in [0.717, 1.165) is 0 Å². The van der Waals surface area contributed by atoms with Crippen LogP contribution in [0.25, 0.3) is 5.69 Å². The second kappa shape index (κ2) is 4.13. The molecule has 1 aromatic carbocycles. The highest BCUT2D eigenvalue weighted by Crippen LogP contribution is 2.19. The summed E-state index contributed by atoms with van der Waals surface area (Å²) in [6, 6.07) is 5.39. The van der Waals surface area contributed by atoms with Gasteiger partial charge in [0.1, 0.15) is 5.69 Å². The molecule has 0 spiro atoms. The van der Waals surface area contributed by atoms with Gasteiger partial charge in [-0.1, -0.05) is 12.1 Å². The van der Waals surface area contributed by atoms with Crippen molar-refractivity contribution in [1.29, 1.82) is 0 Å². The molecule has 0 saturated carbocycles. The minimum atomic E-state index is -1.43. The minimum Gasteiger partial charge on any atom is -0.475 e. The molecule has 2 N–H and O–H groups in total. The SMILES string of the molecule is O=C(O)c1nn(-c2ccccc2[N+](=O)[O-])c(=O)[nH]1. The summed E-state index contributed by atoms with van der Waals surface area (Å²) in [6.45, 7) is 0. The molecule has 0 atom stereocenters. The zero-order valence-electron chi connectivity index (χ0n) is 8.73. The number of H-pyrrole nitrogens is 1. The Bertz CT molecular complexity index is 686. The topological polar surface area (TPSA) is 131 Å². The number of benzene rings is 1. The Morgan fingerprint density at radius 1 is 1.44 bits per heavy atom. The van der Waals surface area contributed by atoms with Crippen LogP contribution < -0.4 is 5.69 Å². The first-order valence-electron chi connectivity index (χ1n) is 4.67. The second-order valence-corrected chi connectivity index (χ2v) is 3.24. The average molecular weight is 250 g/mol. The predicted molar refractivity (Wildman–Crippen MR) is 57.8 cm³/mol. The molecular weight excluding hydrogens is 244 g/mol. The number of carbonyl (C=O) groups is 1. The number of rotatable bonds is 3. The summed E-state index contributed by atoms with van der Waals surface area (Å²) in [5, 5.41) is 22.9. The van der Waals surface area contributed by atoms with Gasteiger partial charge < -0.3 is 5.11 Å². The Morgan fingerprint density at radius 2 is 2.11 bits per heavy atom. The first-order chi connectivity index (χ1) is 8.50. The number of nitrogens with zero attached hydrogens (tertiary/aromatic N) is 3. The normalized spacial score (nSPS) is 10.2. The lowest BCUT2D eigenvalue weighted by atomic mass is 10.3. The van der Waals surface area contributed by atoms with Crippen LogP contribution >= 0.6 is 0 Å². The summed E-state index contributed by atoms with van der Waals surface area (Å²) in [6.07, 6.45) is 0. The van der Waals surface area contributed by atoms with Crippen molar-refractivity contribution in [3.63, 3.8) is 0 Å². The Kier molecular flexibility index (Phi) is 2.64. The number of hydrogen-bond acceptors (Lipinski definition) is 5. The van der Waals surface area contributed by atoms with E-state index >= 15 is 0 Å². The van der Waals surface area contributed by atoms with E-state index in [1.807, 2.05) is 4.98 Å². The maximum Gasteiger partial charge on any atom is 0.373 e. The van der Waals surface area contributed by atoms with Crippen molar-refractivity contribution in [1.82, 2.24) is 14.8 Å². The zero-order valence-corrected chi connectivity index (χ0v) is 8.73. The third-order valence-electron chi connectivity index (χ3n) is 2.13. The van der Waals surface area contributed by atoms with Gasteiger partial charge in [-0.15, -0.1) is 5.10 Å². The molecule has 9 nitrogen and oxygen atoms in total. The van der Waals surface area contributed by atoms with E-state index < -0.39 is 22.4 Å². The van der Waals surface area contributed by atoms with E-state index in [0.29, 0.717) is 4.68 Å². The van der Waals surface area contributed by atoms with Crippen LogP contribution in [0.4, 0.5) is 5.69 Å². The first-order valence-corrected chi connectivity index (χ1v) is 4.67. The average Bonchev–Trinajstić information content (AvgIpc) is 2.71. The highest BCUT2D eigenvalue weighted by Gasteiger charge is 2.19. The molecule has 0 bridgehead atoms. The predicted octanol–water partition coefficient (Wildman–Crippen LogP) is 0.167. The Labute approximate surface area is 98.5 Å². The highest BCUT2D eigenvalue weighted by molar-refractivity contribution is 5.82. The molecule has 0 aliphatic rings. The largest absolute Gasteiger partial charge is 0.475 e. The van der Waals surface area contributed by atoms with Crippen LogP contribution in [0.15, 0.2) is 29.1 Å². The van der Waals surface area contributed by atoms with Gasteiger partial charge in [-0.2, -0.15) is 4.68 Å². The molecule has 92 valence electrons. The molecule has 1 aromatic heterocycles. The first kappa shape index (κ1) is 11.5. The fourth-order valence-electron chi connectivity index (χ4n) is 1.38. The van der Waals surface area contributed by atoms with Gasteiger partial charge in [-0.25, -0.2) is 9.59 Å². The van der Waals surface area contributed by atoms with Crippen LogP contribution in [0.3, 0.4) is 0 Å². The quantitative estimate of drug-likeness (QED) is 0.589. The van der Waals surface area contributed by atoms with Gasteiger partial charge in [-0.05, 0) is 6.07 Å². The molecular formula is C9H6N4O5. The maximum absolute atomic E-state index is 11.5. The number of carboxylic acids is 1. The van der Waals surface area contributed by atoms with E-state index in [1.54, 1.807) is 0 Å². The number of hydrogen-bond donors (Lipinski definition) is 2. The Morgan fingerprint density at radius 3 is 2.67 bits per heavy atom. The molecule has 2 aromatic rings. The molecule has 9 heteroatoms. The highest BCUT2D eigenvalue weighted by atomic mass is 16.6. The van der Waals surface area contributed by atoms with E-state index in [4.69, 9.17) is 5.11 Å². The number of aromatic amines is 1. The zero-order chi connectivity index (χ0) is 13.3. The number of nitro groups is 1. The minimum absolute atomic E-state index is 0.101. The summed E-state index contributed by atoms with van der Waals surface area (Å²) >= 11 is 0. The fraction of sp³-hybridized carbons (Fsp3) is 0. The Balaban J connectivity index is 2.66. The molecule has 18 heavy (non-hydrogen) atoms. The molecule has 0 saturated heterocycles. The van der Waals surface area contributed by atoms with Gasteiger partial charge in [0.05, 0.1) is 4.92 Å². The molecule has 0 radical (unpaired) electrons. The van der Waals surface area contributed by atoms with Gasteiger partial charge >= 0.3 is 11.7 Å². The molecule has 0 aliphatic carbocycles. The van der Waals surface area contributed by atoms with Crippen molar-refractivity contribution in [2.24, 2.45) is 0 Å². The number of nitro benzene ring substituents is 1. The van der Waals surface area contributed by atoms with Crippen molar-refractivity contribution < 1.29 is 14.8 Å². The summed E-state index contributed by atoms with van der Waals surface area (Å²) in [5.41, 5.74) is -1.30. The van der Waals surface area contributed by atoms with Crippen LogP contribution in [0, 0.1) is 10.1 Å². The number of nitrogens with one attached hydrogen (secondary N) is 1.